The Kier molecular flexibility index (Phi) is 8.47. The van der Waals surface area contributed by atoms with Crippen LogP contribution in [0.4, 0.5) is 11.8 Å². The number of nitrogens with zero attached hydrogens (tertiary/aromatic N) is 4. The van der Waals surface area contributed by atoms with Crippen LogP contribution in [0, 0.1) is 0 Å². The lowest BCUT2D eigenvalue weighted by Crippen LogP contribution is -2.40. The summed E-state index contributed by atoms with van der Waals surface area (Å²) in [6, 6.07) is 1.11. The molecule has 10 heteroatoms. The Labute approximate surface area is 202 Å². The summed E-state index contributed by atoms with van der Waals surface area (Å²) >= 11 is 0. The van der Waals surface area contributed by atoms with Crippen molar-refractivity contribution in [3.63, 3.8) is 0 Å². The number of anilines is 2. The Morgan fingerprint density at radius 2 is 1.62 bits per heavy atom. The molecule has 3 fully saturated rings. The van der Waals surface area contributed by atoms with Gasteiger partial charge >= 0.3 is 0 Å². The average molecular weight is 486 g/mol. The third-order valence-electron chi connectivity index (χ3n) is 7.28. The molecular formula is C22H37Cl2N7O. The molecule has 2 aromatic rings. The van der Waals surface area contributed by atoms with Crippen LogP contribution in [0.3, 0.4) is 0 Å². The summed E-state index contributed by atoms with van der Waals surface area (Å²) in [5, 5.41) is 18.0. The van der Waals surface area contributed by atoms with E-state index in [1.807, 2.05) is 6.33 Å². The van der Waals surface area contributed by atoms with E-state index in [1.54, 1.807) is 0 Å². The summed E-state index contributed by atoms with van der Waals surface area (Å²) < 4.78 is 2.22. The van der Waals surface area contributed by atoms with Gasteiger partial charge in [0.25, 0.3) is 0 Å². The zero-order chi connectivity index (χ0) is 20.6. The highest BCUT2D eigenvalue weighted by Crippen LogP contribution is 2.35. The lowest BCUT2D eigenvalue weighted by molar-refractivity contribution is 0.0314. The largest absolute Gasteiger partial charge is 0.371 e. The first-order chi connectivity index (χ1) is 14.6. The molecule has 0 spiro atoms. The second-order valence-corrected chi connectivity index (χ2v) is 9.63. The van der Waals surface area contributed by atoms with E-state index in [1.165, 1.54) is 32.1 Å². The molecule has 32 heavy (non-hydrogen) atoms. The minimum absolute atomic E-state index is 0. The highest BCUT2D eigenvalue weighted by Gasteiger charge is 2.31. The van der Waals surface area contributed by atoms with Crippen molar-refractivity contribution in [2.75, 3.05) is 10.6 Å². The van der Waals surface area contributed by atoms with Gasteiger partial charge in [0.1, 0.15) is 5.72 Å². The van der Waals surface area contributed by atoms with Gasteiger partial charge in [0, 0.05) is 18.1 Å². The predicted octanol–water partition coefficient (Wildman–Crippen LogP) is 4.53. The number of nitrogens with one attached hydrogen (secondary N) is 2. The molecular weight excluding hydrogens is 449 g/mol. The Hall–Kier alpha value is -1.35. The van der Waals surface area contributed by atoms with E-state index in [-0.39, 0.29) is 24.8 Å². The van der Waals surface area contributed by atoms with E-state index in [0.717, 1.165) is 62.5 Å². The van der Waals surface area contributed by atoms with E-state index in [2.05, 4.69) is 20.2 Å². The smallest absolute Gasteiger partial charge is 0.227 e. The van der Waals surface area contributed by atoms with Crippen molar-refractivity contribution in [3.8, 4) is 0 Å². The summed E-state index contributed by atoms with van der Waals surface area (Å²) in [4.78, 5) is 14.4. The Balaban J connectivity index is 0.00000144. The number of hydrogen-bond acceptors (Lipinski definition) is 7. The summed E-state index contributed by atoms with van der Waals surface area (Å²) in [6.45, 7) is 0. The van der Waals surface area contributed by atoms with Gasteiger partial charge in [-0.2, -0.15) is 9.97 Å². The molecule has 0 saturated heterocycles. The van der Waals surface area contributed by atoms with Crippen LogP contribution in [0.15, 0.2) is 6.33 Å². The lowest BCUT2D eigenvalue weighted by atomic mass is 9.92. The molecule has 3 aliphatic carbocycles. The fourth-order valence-corrected chi connectivity index (χ4v) is 5.45. The molecule has 8 nitrogen and oxygen atoms in total. The van der Waals surface area contributed by atoms with Crippen molar-refractivity contribution >= 4 is 47.7 Å². The van der Waals surface area contributed by atoms with E-state index in [0.29, 0.717) is 29.9 Å². The number of nitrogens with two attached hydrogens (primary N) is 1. The van der Waals surface area contributed by atoms with Crippen LogP contribution in [0.5, 0.6) is 0 Å². The second-order valence-electron chi connectivity index (χ2n) is 9.63. The van der Waals surface area contributed by atoms with Crippen LogP contribution in [0.2, 0.25) is 0 Å². The molecule has 0 bridgehead atoms. The van der Waals surface area contributed by atoms with Gasteiger partial charge in [-0.1, -0.05) is 19.3 Å². The normalized spacial score (nSPS) is 25.7. The Bertz CT molecular complexity index is 873. The number of aliphatic hydroxyl groups is 1. The van der Waals surface area contributed by atoms with Crippen LogP contribution in [-0.2, 0) is 0 Å². The maximum absolute atomic E-state index is 11.1. The molecule has 3 saturated carbocycles. The van der Waals surface area contributed by atoms with Gasteiger partial charge in [-0.25, -0.2) is 4.98 Å². The number of halogens is 2. The standard InChI is InChI=1S/C22H35N7O.2ClH/c23-15-8-10-16(11-9-15)25-21-26-19(28-22(30)12-4-1-5-13-22)18-20(27-21)29(14-24-18)17-6-2-3-7-17;;/h14-17,30H,1-13,23H2,(H2,25,26,27,28);2*1H. The SMILES string of the molecule is Cl.Cl.NC1CCC(Nc2nc(NC3(O)CCCCC3)c3ncn(C4CCCC4)c3n2)CC1. The van der Waals surface area contributed by atoms with Crippen molar-refractivity contribution in [1.29, 1.82) is 0 Å². The number of imidazole rings is 1. The molecule has 0 unspecified atom stereocenters. The summed E-state index contributed by atoms with van der Waals surface area (Å²) in [7, 11) is 0. The first kappa shape index (κ1) is 25.3. The van der Waals surface area contributed by atoms with Gasteiger partial charge < -0.3 is 26.0 Å². The second kappa shape index (κ2) is 10.7. The Morgan fingerprint density at radius 3 is 2.31 bits per heavy atom. The minimum Gasteiger partial charge on any atom is -0.371 e. The average Bonchev–Trinajstić information content (AvgIpc) is 3.40. The fourth-order valence-electron chi connectivity index (χ4n) is 5.45. The first-order valence-electron chi connectivity index (χ1n) is 11.9. The molecule has 5 rings (SSSR count). The molecule has 180 valence electrons. The number of aromatic nitrogens is 4. The predicted molar refractivity (Wildman–Crippen MR) is 133 cm³/mol. The van der Waals surface area contributed by atoms with Gasteiger partial charge in [0.15, 0.2) is 17.0 Å². The van der Waals surface area contributed by atoms with Gasteiger partial charge in [-0.15, -0.1) is 24.8 Å². The summed E-state index contributed by atoms with van der Waals surface area (Å²) in [6.07, 6.45) is 15.6. The monoisotopic (exact) mass is 485 g/mol. The zero-order valence-corrected chi connectivity index (χ0v) is 20.3. The van der Waals surface area contributed by atoms with Crippen LogP contribution in [0.25, 0.3) is 11.2 Å². The van der Waals surface area contributed by atoms with Crippen molar-refractivity contribution < 1.29 is 5.11 Å². The van der Waals surface area contributed by atoms with E-state index < -0.39 is 5.72 Å². The number of rotatable bonds is 5. The topological polar surface area (TPSA) is 114 Å². The quantitative estimate of drug-likeness (QED) is 0.459. The molecule has 0 aromatic carbocycles. The molecule has 0 amide bonds. The van der Waals surface area contributed by atoms with Gasteiger partial charge in [0.05, 0.1) is 6.33 Å². The van der Waals surface area contributed by atoms with E-state index in [9.17, 15) is 5.11 Å². The van der Waals surface area contributed by atoms with Crippen molar-refractivity contribution in [2.24, 2.45) is 5.73 Å². The Morgan fingerprint density at radius 1 is 0.938 bits per heavy atom. The minimum atomic E-state index is -0.911. The van der Waals surface area contributed by atoms with Gasteiger partial charge in [0.2, 0.25) is 5.95 Å². The van der Waals surface area contributed by atoms with Crippen molar-refractivity contribution in [1.82, 2.24) is 19.5 Å². The van der Waals surface area contributed by atoms with E-state index >= 15 is 0 Å². The van der Waals surface area contributed by atoms with Crippen molar-refractivity contribution in [3.05, 3.63) is 6.33 Å². The maximum atomic E-state index is 11.1. The van der Waals surface area contributed by atoms with Crippen LogP contribution < -0.4 is 16.4 Å². The van der Waals surface area contributed by atoms with Crippen molar-refractivity contribution in [2.45, 2.75) is 107 Å². The maximum Gasteiger partial charge on any atom is 0.227 e. The summed E-state index contributed by atoms with van der Waals surface area (Å²) in [5.74, 6) is 1.28. The highest BCUT2D eigenvalue weighted by atomic mass is 35.5. The van der Waals surface area contributed by atoms with E-state index in [4.69, 9.17) is 15.7 Å². The van der Waals surface area contributed by atoms with Crippen LogP contribution >= 0.6 is 24.8 Å². The van der Waals surface area contributed by atoms with Gasteiger partial charge in [-0.05, 0) is 64.2 Å². The molecule has 5 N–H and O–H groups in total. The third-order valence-corrected chi connectivity index (χ3v) is 7.28. The summed E-state index contributed by atoms with van der Waals surface area (Å²) in [5.41, 5.74) is 6.79. The van der Waals surface area contributed by atoms with Crippen LogP contribution in [-0.4, -0.2) is 42.4 Å². The third kappa shape index (κ3) is 5.41. The lowest BCUT2D eigenvalue weighted by Gasteiger charge is -2.33. The first-order valence-corrected chi connectivity index (χ1v) is 11.9. The molecule has 0 aliphatic heterocycles. The number of hydrogen-bond donors (Lipinski definition) is 4. The molecule has 2 heterocycles. The molecule has 0 atom stereocenters. The zero-order valence-electron chi connectivity index (χ0n) is 18.6. The molecule has 3 aliphatic rings. The van der Waals surface area contributed by atoms with Crippen LogP contribution in [0.1, 0.15) is 89.5 Å². The van der Waals surface area contributed by atoms with Gasteiger partial charge in [-0.3, -0.25) is 0 Å². The molecule has 0 radical (unpaired) electrons. The fraction of sp³-hybridized carbons (Fsp3) is 0.773. The molecule has 2 aromatic heterocycles. The highest BCUT2D eigenvalue weighted by molar-refractivity contribution is 5.86. The number of fused-ring (bicyclic) bond motifs is 1.